The van der Waals surface area contributed by atoms with Crippen molar-refractivity contribution in [2.75, 3.05) is 5.73 Å². The molecule has 3 N–H and O–H groups in total. The van der Waals surface area contributed by atoms with Crippen molar-refractivity contribution in [2.24, 2.45) is 7.05 Å². The quantitative estimate of drug-likeness (QED) is 0.599. The predicted molar refractivity (Wildman–Crippen MR) is 50.3 cm³/mol. The number of pyridine rings is 1. The van der Waals surface area contributed by atoms with Gasteiger partial charge in [0.15, 0.2) is 10.4 Å². The van der Waals surface area contributed by atoms with Gasteiger partial charge >= 0.3 is 0 Å². The number of nitrogens with one attached hydrogen (secondary N) is 1. The number of aryl methyl sites for hydroxylation is 1. The highest BCUT2D eigenvalue weighted by Gasteiger charge is 2.00. The highest BCUT2D eigenvalue weighted by atomic mass is 32.1. The van der Waals surface area contributed by atoms with E-state index in [0.29, 0.717) is 10.5 Å². The highest BCUT2D eigenvalue weighted by Crippen LogP contribution is 2.12. The molecule has 0 spiro atoms. The molecule has 2 heterocycles. The van der Waals surface area contributed by atoms with E-state index in [1.165, 1.54) is 0 Å². The van der Waals surface area contributed by atoms with Crippen LogP contribution in [0.25, 0.3) is 11.2 Å². The maximum absolute atomic E-state index is 5.56. The molecule has 62 valence electrons. The third kappa shape index (κ3) is 0.902. The van der Waals surface area contributed by atoms with Crippen LogP contribution >= 0.6 is 12.2 Å². The fraction of sp³-hybridized carbons (Fsp3) is 0.143. The lowest BCUT2D eigenvalue weighted by atomic mass is 10.4. The molecule has 4 nitrogen and oxygen atoms in total. The zero-order valence-electron chi connectivity index (χ0n) is 6.53. The van der Waals surface area contributed by atoms with Crippen LogP contribution in [0.5, 0.6) is 0 Å². The highest BCUT2D eigenvalue weighted by molar-refractivity contribution is 7.71. The number of rotatable bonds is 0. The number of aromatic nitrogens is 3. The van der Waals surface area contributed by atoms with Gasteiger partial charge in [0.05, 0.1) is 17.4 Å². The molecule has 2 aromatic heterocycles. The first-order valence-corrected chi connectivity index (χ1v) is 3.89. The second kappa shape index (κ2) is 2.31. The average molecular weight is 180 g/mol. The lowest BCUT2D eigenvalue weighted by molar-refractivity contribution is 0.912. The van der Waals surface area contributed by atoms with Crippen LogP contribution in [0.15, 0.2) is 12.3 Å². The number of hydrogen-bond donors (Lipinski definition) is 2. The van der Waals surface area contributed by atoms with Crippen molar-refractivity contribution in [3.05, 3.63) is 17.0 Å². The first-order chi connectivity index (χ1) is 5.68. The number of anilines is 1. The Balaban J connectivity index is 2.96. The summed E-state index contributed by atoms with van der Waals surface area (Å²) in [4.78, 5) is 7.14. The predicted octanol–water partition coefficient (Wildman–Crippen LogP) is 1.21. The lowest BCUT2D eigenvalue weighted by Crippen LogP contribution is -1.90. The topological polar surface area (TPSA) is 59.6 Å². The lowest BCUT2D eigenvalue weighted by Gasteiger charge is -1.93. The van der Waals surface area contributed by atoms with Gasteiger partial charge in [0.25, 0.3) is 0 Å². The van der Waals surface area contributed by atoms with Crippen LogP contribution in [-0.4, -0.2) is 14.5 Å². The number of H-pyrrole nitrogens is 1. The minimum absolute atomic E-state index is 0.638. The summed E-state index contributed by atoms with van der Waals surface area (Å²) >= 11 is 5.02. The number of fused-ring (bicyclic) bond motifs is 1. The third-order valence-corrected chi connectivity index (χ3v) is 2.13. The van der Waals surface area contributed by atoms with Crippen LogP contribution in [0.4, 0.5) is 5.69 Å². The van der Waals surface area contributed by atoms with E-state index >= 15 is 0 Å². The number of nitrogen functional groups attached to an aromatic ring is 1. The molecule has 0 amide bonds. The van der Waals surface area contributed by atoms with Crippen molar-refractivity contribution < 1.29 is 0 Å². The smallest absolute Gasteiger partial charge is 0.179 e. The van der Waals surface area contributed by atoms with Crippen LogP contribution in [-0.2, 0) is 7.05 Å². The SMILES string of the molecule is Cn1c(=S)[nH]c2cc(N)cnc21. The van der Waals surface area contributed by atoms with Crippen LogP contribution in [0.2, 0.25) is 0 Å². The van der Waals surface area contributed by atoms with Gasteiger partial charge in [-0.3, -0.25) is 0 Å². The van der Waals surface area contributed by atoms with E-state index in [1.54, 1.807) is 6.20 Å². The number of nitrogens with zero attached hydrogens (tertiary/aromatic N) is 2. The molecule has 2 rings (SSSR count). The second-order valence-electron chi connectivity index (χ2n) is 2.63. The standard InChI is InChI=1S/C7H8N4S/c1-11-6-5(10-7(11)12)2-4(8)3-9-6/h2-3H,8H2,1H3,(H,10,12). The monoisotopic (exact) mass is 180 g/mol. The number of nitrogens with two attached hydrogens (primary N) is 1. The minimum Gasteiger partial charge on any atom is -0.397 e. The Labute approximate surface area is 74.0 Å². The Kier molecular flexibility index (Phi) is 1.41. The molecule has 5 heteroatoms. The average Bonchev–Trinajstić information content (AvgIpc) is 2.28. The van der Waals surface area contributed by atoms with E-state index in [2.05, 4.69) is 9.97 Å². The zero-order valence-corrected chi connectivity index (χ0v) is 7.35. The molecule has 0 saturated heterocycles. The van der Waals surface area contributed by atoms with Gasteiger partial charge in [0.2, 0.25) is 0 Å². The van der Waals surface area contributed by atoms with Crippen LogP contribution < -0.4 is 5.73 Å². The van der Waals surface area contributed by atoms with Crippen molar-refractivity contribution in [1.29, 1.82) is 0 Å². The largest absolute Gasteiger partial charge is 0.397 e. The Morgan fingerprint density at radius 1 is 1.67 bits per heavy atom. The molecule has 0 bridgehead atoms. The van der Waals surface area contributed by atoms with Gasteiger partial charge in [-0.1, -0.05) is 0 Å². The van der Waals surface area contributed by atoms with Gasteiger partial charge < -0.3 is 15.3 Å². The molecule has 0 unspecified atom stereocenters. The van der Waals surface area contributed by atoms with Crippen molar-refractivity contribution in [3.8, 4) is 0 Å². The fourth-order valence-corrected chi connectivity index (χ4v) is 1.32. The van der Waals surface area contributed by atoms with Crippen molar-refractivity contribution in [3.63, 3.8) is 0 Å². The first kappa shape index (κ1) is 7.30. The van der Waals surface area contributed by atoms with E-state index in [1.807, 2.05) is 17.7 Å². The Hall–Kier alpha value is -1.36. The third-order valence-electron chi connectivity index (χ3n) is 1.75. The summed E-state index contributed by atoms with van der Waals surface area (Å²) in [7, 11) is 1.87. The summed E-state index contributed by atoms with van der Waals surface area (Å²) in [5.41, 5.74) is 7.90. The maximum Gasteiger partial charge on any atom is 0.179 e. The molecule has 0 aliphatic heterocycles. The van der Waals surface area contributed by atoms with Crippen LogP contribution in [0.1, 0.15) is 0 Å². The van der Waals surface area contributed by atoms with E-state index in [-0.39, 0.29) is 0 Å². The normalized spacial score (nSPS) is 10.8. The van der Waals surface area contributed by atoms with Gasteiger partial charge in [-0.15, -0.1) is 0 Å². The summed E-state index contributed by atoms with van der Waals surface area (Å²) < 4.78 is 2.47. The second-order valence-corrected chi connectivity index (χ2v) is 3.02. The Bertz CT molecular complexity index is 482. The molecule has 0 saturated carbocycles. The van der Waals surface area contributed by atoms with Gasteiger partial charge in [-0.2, -0.15) is 0 Å². The van der Waals surface area contributed by atoms with Crippen molar-refractivity contribution in [2.45, 2.75) is 0 Å². The van der Waals surface area contributed by atoms with Gasteiger partial charge in [-0.05, 0) is 18.3 Å². The first-order valence-electron chi connectivity index (χ1n) is 3.49. The molecular weight excluding hydrogens is 172 g/mol. The van der Waals surface area contributed by atoms with Crippen LogP contribution in [0, 0.1) is 4.77 Å². The Morgan fingerprint density at radius 3 is 3.17 bits per heavy atom. The molecule has 0 radical (unpaired) electrons. The Morgan fingerprint density at radius 2 is 2.42 bits per heavy atom. The zero-order chi connectivity index (χ0) is 8.72. The molecule has 0 fully saturated rings. The summed E-state index contributed by atoms with van der Waals surface area (Å²) in [6.45, 7) is 0. The van der Waals surface area contributed by atoms with Crippen LogP contribution in [0.3, 0.4) is 0 Å². The molecule has 0 atom stereocenters. The molecule has 2 aromatic rings. The molecule has 0 aliphatic rings. The maximum atomic E-state index is 5.56. The number of aromatic amines is 1. The number of hydrogen-bond acceptors (Lipinski definition) is 3. The van der Waals surface area contributed by atoms with E-state index in [9.17, 15) is 0 Å². The van der Waals surface area contributed by atoms with Crippen molar-refractivity contribution in [1.82, 2.24) is 14.5 Å². The fourth-order valence-electron chi connectivity index (χ4n) is 1.13. The van der Waals surface area contributed by atoms with Gasteiger partial charge in [0, 0.05) is 7.05 Å². The summed E-state index contributed by atoms with van der Waals surface area (Å²) in [6.07, 6.45) is 1.62. The van der Waals surface area contributed by atoms with Gasteiger partial charge in [0.1, 0.15) is 0 Å². The molecule has 12 heavy (non-hydrogen) atoms. The van der Waals surface area contributed by atoms with E-state index in [0.717, 1.165) is 11.2 Å². The van der Waals surface area contributed by atoms with E-state index in [4.69, 9.17) is 18.0 Å². The van der Waals surface area contributed by atoms with E-state index < -0.39 is 0 Å². The number of imidazole rings is 1. The summed E-state index contributed by atoms with van der Waals surface area (Å²) in [5, 5.41) is 0. The molecule has 0 aliphatic carbocycles. The molecular formula is C7H8N4S. The van der Waals surface area contributed by atoms with Crippen molar-refractivity contribution >= 4 is 29.1 Å². The van der Waals surface area contributed by atoms with Gasteiger partial charge in [-0.25, -0.2) is 4.98 Å². The molecule has 0 aromatic carbocycles. The summed E-state index contributed by atoms with van der Waals surface area (Å²) in [6, 6.07) is 1.82. The minimum atomic E-state index is 0.638. The summed E-state index contributed by atoms with van der Waals surface area (Å²) in [5.74, 6) is 0.